The van der Waals surface area contributed by atoms with E-state index in [0.717, 1.165) is 89.0 Å². The van der Waals surface area contributed by atoms with Gasteiger partial charge >= 0.3 is 0 Å². The molecule has 10 heteroatoms. The molecular weight excluding hydrogens is 546 g/mol. The maximum Gasteiger partial charge on any atom is 0.270 e. The van der Waals surface area contributed by atoms with Crippen LogP contribution in [0.3, 0.4) is 0 Å². The van der Waals surface area contributed by atoms with Crippen molar-refractivity contribution >= 4 is 45.5 Å². The smallest absolute Gasteiger partial charge is 0.270 e. The van der Waals surface area contributed by atoms with E-state index in [1.165, 1.54) is 12.8 Å². The highest BCUT2D eigenvalue weighted by Gasteiger charge is 2.28. The fourth-order valence-corrected chi connectivity index (χ4v) is 7.06. The maximum absolute atomic E-state index is 13.0. The number of nitrogens with zero attached hydrogens (tertiary/aromatic N) is 5. The number of ether oxygens (including phenoxy) is 1. The molecule has 7 rings (SSSR count). The van der Waals surface area contributed by atoms with E-state index in [-0.39, 0.29) is 11.9 Å². The highest BCUT2D eigenvalue weighted by Crippen LogP contribution is 2.46. The van der Waals surface area contributed by atoms with Crippen LogP contribution in [0.2, 0.25) is 0 Å². The molecule has 0 spiro atoms. The van der Waals surface area contributed by atoms with Gasteiger partial charge in [0.25, 0.3) is 5.91 Å². The molecule has 0 atom stereocenters. The number of aromatic nitrogens is 3. The van der Waals surface area contributed by atoms with Gasteiger partial charge in [0.1, 0.15) is 11.3 Å². The third-order valence-corrected chi connectivity index (χ3v) is 9.35. The quantitative estimate of drug-likeness (QED) is 0.294. The van der Waals surface area contributed by atoms with Crippen LogP contribution in [0.5, 0.6) is 5.75 Å². The van der Waals surface area contributed by atoms with Crippen molar-refractivity contribution in [3.63, 3.8) is 0 Å². The second kappa shape index (κ2) is 10.9. The van der Waals surface area contributed by atoms with Crippen molar-refractivity contribution in [2.24, 2.45) is 0 Å². The zero-order valence-electron chi connectivity index (χ0n) is 24.0. The van der Waals surface area contributed by atoms with Gasteiger partial charge in [-0.3, -0.25) is 4.79 Å². The van der Waals surface area contributed by atoms with Gasteiger partial charge in [-0.2, -0.15) is 4.98 Å². The topological polar surface area (TPSA) is 87.5 Å². The van der Waals surface area contributed by atoms with E-state index >= 15 is 0 Å². The summed E-state index contributed by atoms with van der Waals surface area (Å²) >= 11 is 1.66. The molecule has 2 N–H and O–H groups in total. The summed E-state index contributed by atoms with van der Waals surface area (Å²) in [6, 6.07) is 10.5. The number of fused-ring (bicyclic) bond motifs is 2. The second-order valence-corrected chi connectivity index (χ2v) is 12.2. The Morgan fingerprint density at radius 2 is 1.93 bits per heavy atom. The molecule has 1 amide bonds. The van der Waals surface area contributed by atoms with Gasteiger partial charge in [0.15, 0.2) is 11.6 Å². The monoisotopic (exact) mass is 581 g/mol. The molecule has 1 aliphatic carbocycles. The van der Waals surface area contributed by atoms with Gasteiger partial charge in [-0.15, -0.1) is 11.3 Å². The highest BCUT2D eigenvalue weighted by atomic mass is 32.1. The molecule has 0 radical (unpaired) electrons. The Morgan fingerprint density at radius 3 is 2.67 bits per heavy atom. The lowest BCUT2D eigenvalue weighted by Crippen LogP contribution is -2.44. The summed E-state index contributed by atoms with van der Waals surface area (Å²) in [4.78, 5) is 27.5. The number of nitrogens with one attached hydrogen (secondary N) is 2. The molecule has 1 saturated carbocycles. The molecule has 0 bridgehead atoms. The van der Waals surface area contributed by atoms with Gasteiger partial charge in [-0.05, 0) is 42.2 Å². The summed E-state index contributed by atoms with van der Waals surface area (Å²) < 4.78 is 8.60. The number of carbonyl (C=O) groups is 1. The van der Waals surface area contributed by atoms with Crippen molar-refractivity contribution < 1.29 is 9.53 Å². The highest BCUT2D eigenvalue weighted by molar-refractivity contribution is 7.12. The van der Waals surface area contributed by atoms with Gasteiger partial charge in [-0.25, -0.2) is 4.98 Å². The Labute approximate surface area is 249 Å². The van der Waals surface area contributed by atoms with Crippen LogP contribution in [0.1, 0.15) is 47.1 Å². The minimum atomic E-state index is -0.0104. The summed E-state index contributed by atoms with van der Waals surface area (Å²) in [5.41, 5.74) is 5.50. The molecule has 9 nitrogen and oxygen atoms in total. The molecule has 2 aliphatic heterocycles. The van der Waals surface area contributed by atoms with E-state index in [2.05, 4.69) is 55.3 Å². The number of anilines is 2. The maximum atomic E-state index is 13.0. The van der Waals surface area contributed by atoms with Crippen molar-refractivity contribution in [3.8, 4) is 16.9 Å². The Kier molecular flexibility index (Phi) is 6.95. The molecule has 1 saturated heterocycles. The standard InChI is InChI=1S/C32H35N7O2S/c1-20-16-27(38-14-12-33-13-15-38)41-28-25(19-42-29(20)28)21-8-10-23(11-9-21)35-32-34-18-22-17-26(31(40)37(2)3)39(30(22)36-32)24-6-4-5-7-24/h8-11,16-19,24,33H,1,4-7,12-15H2,2-3H3,(H,34,35,36). The van der Waals surface area contributed by atoms with Crippen molar-refractivity contribution in [3.05, 3.63) is 71.0 Å². The van der Waals surface area contributed by atoms with Gasteiger partial charge in [0.2, 0.25) is 5.95 Å². The van der Waals surface area contributed by atoms with Gasteiger partial charge in [0, 0.05) is 80.6 Å². The van der Waals surface area contributed by atoms with Crippen molar-refractivity contribution in [2.75, 3.05) is 45.6 Å². The van der Waals surface area contributed by atoms with Crippen LogP contribution < -0.4 is 15.4 Å². The van der Waals surface area contributed by atoms with Crippen LogP contribution in [0.25, 0.3) is 27.7 Å². The molecule has 3 aromatic heterocycles. The number of piperazine rings is 1. The van der Waals surface area contributed by atoms with Crippen LogP contribution >= 0.6 is 11.3 Å². The predicted molar refractivity (Wildman–Crippen MR) is 168 cm³/mol. The third kappa shape index (κ3) is 4.84. The molecule has 42 heavy (non-hydrogen) atoms. The van der Waals surface area contributed by atoms with Crippen molar-refractivity contribution in [2.45, 2.75) is 31.7 Å². The summed E-state index contributed by atoms with van der Waals surface area (Å²) in [7, 11) is 3.58. The number of amides is 1. The van der Waals surface area contributed by atoms with E-state index in [0.29, 0.717) is 11.6 Å². The summed E-state index contributed by atoms with van der Waals surface area (Å²) in [5.74, 6) is 2.25. The fourth-order valence-electron chi connectivity index (χ4n) is 6.12. The third-order valence-electron chi connectivity index (χ3n) is 8.31. The summed E-state index contributed by atoms with van der Waals surface area (Å²) in [6.45, 7) is 8.04. The normalized spacial score (nSPS) is 17.2. The van der Waals surface area contributed by atoms with E-state index < -0.39 is 0 Å². The number of rotatable bonds is 6. The van der Waals surface area contributed by atoms with Crippen LogP contribution in [-0.4, -0.2) is 70.5 Å². The molecule has 1 aromatic carbocycles. The number of benzene rings is 1. The number of carbonyl (C=O) groups excluding carboxylic acids is 1. The lowest BCUT2D eigenvalue weighted by atomic mass is 10.0. The number of hydrogen-bond acceptors (Lipinski definition) is 8. The minimum absolute atomic E-state index is 0.0104. The first-order valence-electron chi connectivity index (χ1n) is 14.6. The molecule has 216 valence electrons. The Morgan fingerprint density at radius 1 is 1.17 bits per heavy atom. The largest absolute Gasteiger partial charge is 0.439 e. The Bertz CT molecular complexity index is 1690. The summed E-state index contributed by atoms with van der Waals surface area (Å²) in [6.07, 6.45) is 8.32. The number of allylic oxidation sites excluding steroid dienone is 2. The lowest BCUT2D eigenvalue weighted by Gasteiger charge is -2.32. The van der Waals surface area contributed by atoms with E-state index in [4.69, 9.17) is 9.72 Å². The average Bonchev–Trinajstić information content (AvgIpc) is 3.76. The van der Waals surface area contributed by atoms with Crippen LogP contribution in [0.15, 0.2) is 60.4 Å². The van der Waals surface area contributed by atoms with Crippen LogP contribution in [0, 0.1) is 0 Å². The first-order chi connectivity index (χ1) is 20.5. The first kappa shape index (κ1) is 26.7. The van der Waals surface area contributed by atoms with Gasteiger partial charge in [-0.1, -0.05) is 31.6 Å². The molecule has 2 fully saturated rings. The fraction of sp³-hybridized carbons (Fsp3) is 0.344. The van der Waals surface area contributed by atoms with Crippen LogP contribution in [0.4, 0.5) is 11.6 Å². The van der Waals surface area contributed by atoms with E-state index in [1.807, 2.05) is 24.4 Å². The lowest BCUT2D eigenvalue weighted by molar-refractivity contribution is 0.0815. The Hall–Kier alpha value is -4.15. The molecule has 3 aliphatic rings. The van der Waals surface area contributed by atoms with Crippen molar-refractivity contribution in [1.82, 2.24) is 29.7 Å². The number of thiophene rings is 1. The molecular formula is C32H35N7O2S. The molecule has 5 heterocycles. The van der Waals surface area contributed by atoms with E-state index in [9.17, 15) is 4.79 Å². The molecule has 0 unspecified atom stereocenters. The Balaban J connectivity index is 1.14. The van der Waals surface area contributed by atoms with Gasteiger partial charge < -0.3 is 29.7 Å². The minimum Gasteiger partial charge on any atom is -0.439 e. The first-order valence-corrected chi connectivity index (χ1v) is 15.5. The zero-order valence-corrected chi connectivity index (χ0v) is 24.8. The second-order valence-electron chi connectivity index (χ2n) is 11.4. The summed E-state index contributed by atoms with van der Waals surface area (Å²) in [5, 5.41) is 9.80. The SMILES string of the molecule is C=C1C=C(N2CCNCC2)Oc2c(-c3ccc(Nc4ncc5cc(C(=O)N(C)C)n(C6CCCC6)c5n4)cc3)csc21. The molecule has 4 aromatic rings. The zero-order chi connectivity index (χ0) is 28.8. The van der Waals surface area contributed by atoms with Crippen molar-refractivity contribution in [1.29, 1.82) is 0 Å². The predicted octanol–water partition coefficient (Wildman–Crippen LogP) is 5.87. The number of hydrogen-bond donors (Lipinski definition) is 2. The van der Waals surface area contributed by atoms with Gasteiger partial charge in [0.05, 0.1) is 4.88 Å². The van der Waals surface area contributed by atoms with Crippen LogP contribution in [-0.2, 0) is 0 Å². The average molecular weight is 582 g/mol. The van der Waals surface area contributed by atoms with E-state index in [1.54, 1.807) is 30.3 Å².